The molecule has 8 heterocycles. The standard InChI is InChI=1S/C30H33F3N8O.C29H30F3N7O2.C27H28F3N7O/c1-39-9-11-41(12-10-39)17-18-13-21(30(31,32)33)15-23(14-18)36-29(42)35-22-7-5-19(6-8-22)24-16-25(20-3-4-20)37-28-26(24)27(34)38-40(28)2;1-38-27-25(26(33)37-38)23(15-24(36-27)19-2-3-19)18-4-6-21(7-5-18)34-28(40)35-22-13-17(12-20(14-22)29(30,31)32)16-39-8-10-41-11-9-39;1-36(2)14-17-6-9-18(27(28,29)30)12-21(17)34-26(38)32-19-10-7-15(8-11-19)20-13-22(16-4-5-16)33-25-23(20)24(31)35-37(25)3/h5-8,13-16,20H,3-4,9-12,17H2,1-2H3,(H2,34,38)(H2,35,36,42);4-7,12-15,19H,2-3,8-11,16H2,1H3,(H2,33,37)(H2,34,35,40);6-13,16H,4-5,14H2,1-3H3,(H2,31,35)(H2,32,34,38). The van der Waals surface area contributed by atoms with Gasteiger partial charge in [-0.1, -0.05) is 42.5 Å². The minimum Gasteiger partial charge on any atom is -0.382 e. The number of anilines is 9. The van der Waals surface area contributed by atoms with Crippen LogP contribution >= 0.6 is 0 Å². The molecule has 5 aliphatic rings. The van der Waals surface area contributed by atoms with E-state index in [1.54, 1.807) is 76.7 Å². The van der Waals surface area contributed by atoms with E-state index in [2.05, 4.69) is 69.1 Å². The van der Waals surface area contributed by atoms with Gasteiger partial charge in [-0.25, -0.2) is 43.4 Å². The molecule has 3 saturated carbocycles. The molecule has 12 aromatic rings. The van der Waals surface area contributed by atoms with E-state index >= 15 is 0 Å². The van der Waals surface area contributed by atoms with Gasteiger partial charge in [0.25, 0.3) is 0 Å². The molecule has 0 radical (unpaired) electrons. The topological polar surface area (TPSA) is 316 Å². The molecule has 632 valence electrons. The number of aromatic nitrogens is 9. The van der Waals surface area contributed by atoms with Crippen LogP contribution in [0.25, 0.3) is 66.5 Å². The van der Waals surface area contributed by atoms with Gasteiger partial charge < -0.3 is 63.6 Å². The maximum atomic E-state index is 13.7. The number of carbonyl (C=O) groups is 3. The fourth-order valence-corrected chi connectivity index (χ4v) is 15.1. The lowest BCUT2D eigenvalue weighted by atomic mass is 10.0. The van der Waals surface area contributed by atoms with Crippen LogP contribution in [0, 0.1) is 0 Å². The van der Waals surface area contributed by atoms with Crippen LogP contribution in [0.15, 0.2) is 146 Å². The van der Waals surface area contributed by atoms with E-state index in [0.717, 1.165) is 185 Å². The van der Waals surface area contributed by atoms with E-state index in [4.69, 9.17) is 36.9 Å². The number of pyridine rings is 3. The fourth-order valence-electron chi connectivity index (χ4n) is 15.1. The van der Waals surface area contributed by atoms with Crippen LogP contribution in [0.2, 0.25) is 0 Å². The van der Waals surface area contributed by atoms with Crippen LogP contribution < -0.4 is 49.1 Å². The summed E-state index contributed by atoms with van der Waals surface area (Å²) in [5.74, 6) is 2.49. The zero-order valence-electron chi connectivity index (χ0n) is 67.2. The Morgan fingerprint density at radius 3 is 1.09 bits per heavy atom. The van der Waals surface area contributed by atoms with Gasteiger partial charge in [0.2, 0.25) is 0 Å². The summed E-state index contributed by atoms with van der Waals surface area (Å²) in [5, 5.41) is 31.2. The van der Waals surface area contributed by atoms with Crippen LogP contribution in [0.4, 0.5) is 105 Å². The van der Waals surface area contributed by atoms with Gasteiger partial charge in [-0.2, -0.15) is 54.8 Å². The molecule has 5 fully saturated rings. The van der Waals surface area contributed by atoms with Crippen LogP contribution in [0.3, 0.4) is 0 Å². The molecule has 0 spiro atoms. The number of carbonyl (C=O) groups excluding carboxylic acids is 3. The minimum absolute atomic E-state index is 0.0658. The van der Waals surface area contributed by atoms with Gasteiger partial charge in [0.1, 0.15) is 0 Å². The first-order valence-electron chi connectivity index (χ1n) is 39.6. The highest BCUT2D eigenvalue weighted by Gasteiger charge is 2.36. The van der Waals surface area contributed by atoms with E-state index in [0.29, 0.717) is 115 Å². The molecule has 6 aromatic carbocycles. The molecule has 0 bridgehead atoms. The second-order valence-corrected chi connectivity index (χ2v) is 31.6. The van der Waals surface area contributed by atoms with Crippen molar-refractivity contribution < 1.29 is 58.6 Å². The molecule has 121 heavy (non-hydrogen) atoms. The largest absolute Gasteiger partial charge is 0.416 e. The predicted molar refractivity (Wildman–Crippen MR) is 450 cm³/mol. The molecule has 2 aliphatic heterocycles. The Morgan fingerprint density at radius 1 is 0.413 bits per heavy atom. The van der Waals surface area contributed by atoms with Gasteiger partial charge in [-0.15, -0.1) is 0 Å². The first kappa shape index (κ1) is 83.6. The van der Waals surface area contributed by atoms with Crippen molar-refractivity contribution in [3.8, 4) is 33.4 Å². The predicted octanol–water partition coefficient (Wildman–Crippen LogP) is 16.9. The number of rotatable bonds is 18. The Bertz CT molecular complexity index is 5840. The van der Waals surface area contributed by atoms with Crippen molar-refractivity contribution in [1.29, 1.82) is 0 Å². The van der Waals surface area contributed by atoms with Crippen LogP contribution in [0.5, 0.6) is 0 Å². The fraction of sp³-hybridized carbons (Fsp3) is 0.337. The number of nitrogens with one attached hydrogen (secondary N) is 6. The SMILES string of the molecule is CN(C)Cc1ccc(C(F)(F)F)cc1NC(=O)Nc1ccc(-c2cc(C3CC3)nc3c2c(N)nn3C)cc1.CN1CCN(Cc2cc(NC(=O)Nc3ccc(-c4cc(C5CC5)nc5c4c(N)nn5C)cc3)cc(C(F)(F)F)c2)CC1.Cn1nc(N)c2c(-c3ccc(NC(=O)Nc4cc(CN5CCOCC5)cc(C(F)(F)F)c4)cc3)cc(C3CC3)nc21. The highest BCUT2D eigenvalue weighted by molar-refractivity contribution is 6.05. The van der Waals surface area contributed by atoms with Gasteiger partial charge in [0, 0.05) is 149 Å². The van der Waals surface area contributed by atoms with Gasteiger partial charge in [-0.05, 0) is 213 Å². The number of fused-ring (bicyclic) bond motifs is 3. The van der Waals surface area contributed by atoms with Gasteiger partial charge in [0.05, 0.1) is 46.1 Å². The molecule has 0 atom stereocenters. The number of halogens is 9. The first-order valence-corrected chi connectivity index (χ1v) is 39.6. The number of nitrogens with zero attached hydrogens (tertiary/aromatic N) is 13. The number of hydrogen-bond acceptors (Lipinski definition) is 17. The number of alkyl halides is 9. The summed E-state index contributed by atoms with van der Waals surface area (Å²) < 4.78 is 132. The van der Waals surface area contributed by atoms with Crippen molar-refractivity contribution in [2.24, 2.45) is 21.1 Å². The molecule has 0 unspecified atom stereocenters. The molecule has 26 nitrogen and oxygen atoms in total. The Kier molecular flexibility index (Phi) is 23.7. The summed E-state index contributed by atoms with van der Waals surface area (Å²) in [7, 11) is 11.1. The van der Waals surface area contributed by atoms with Crippen LogP contribution in [-0.4, -0.2) is 156 Å². The van der Waals surface area contributed by atoms with Crippen LogP contribution in [0.1, 0.15) is 107 Å². The number of nitrogens with two attached hydrogens (primary N) is 3. The normalized spacial score (nSPS) is 15.6. The van der Waals surface area contributed by atoms with Crippen molar-refractivity contribution in [3.05, 3.63) is 196 Å². The van der Waals surface area contributed by atoms with Gasteiger partial charge in [0.15, 0.2) is 34.4 Å². The quantitative estimate of drug-likeness (QED) is 0.0361. The number of piperazine rings is 1. The number of amides is 6. The number of ether oxygens (including phenoxy) is 1. The van der Waals surface area contributed by atoms with Crippen molar-refractivity contribution in [3.63, 3.8) is 0 Å². The Labute approximate surface area is 690 Å². The summed E-state index contributed by atoms with van der Waals surface area (Å²) in [6.45, 7) is 6.67. The van der Waals surface area contributed by atoms with Gasteiger partial charge >= 0.3 is 36.6 Å². The lowest BCUT2D eigenvalue weighted by molar-refractivity contribution is -0.138. The highest BCUT2D eigenvalue weighted by Crippen LogP contribution is 2.47. The number of likely N-dealkylation sites (N-methyl/N-ethyl adjacent to an activating group) is 1. The van der Waals surface area contributed by atoms with Crippen molar-refractivity contribution >= 4 is 103 Å². The average molecular weight is 1670 g/mol. The van der Waals surface area contributed by atoms with Gasteiger partial charge in [-0.3, -0.25) is 9.80 Å². The summed E-state index contributed by atoms with van der Waals surface area (Å²) in [5.41, 5.74) is 30.0. The zero-order chi connectivity index (χ0) is 85.5. The molecule has 12 N–H and O–H groups in total. The molecular formula is C86H91F9N22O4. The Balaban J connectivity index is 0.000000141. The molecule has 6 aromatic heterocycles. The maximum absolute atomic E-state index is 13.7. The van der Waals surface area contributed by atoms with E-state index in [1.807, 2.05) is 80.5 Å². The Morgan fingerprint density at radius 2 is 0.752 bits per heavy atom. The molecule has 17 rings (SSSR count). The van der Waals surface area contributed by atoms with Crippen molar-refractivity contribution in [2.45, 2.75) is 94.4 Å². The summed E-state index contributed by atoms with van der Waals surface area (Å²) >= 11 is 0. The van der Waals surface area contributed by atoms with Crippen LogP contribution in [-0.2, 0) is 64.0 Å². The minimum atomic E-state index is -4.54. The summed E-state index contributed by atoms with van der Waals surface area (Å²) in [6.07, 6.45) is -6.98. The van der Waals surface area contributed by atoms with E-state index in [1.165, 1.54) is 6.07 Å². The highest BCUT2D eigenvalue weighted by atomic mass is 19.4. The number of urea groups is 3. The number of morpholine rings is 1. The number of aryl methyl sites for hydroxylation is 3. The zero-order valence-corrected chi connectivity index (χ0v) is 67.2. The van der Waals surface area contributed by atoms with E-state index in [9.17, 15) is 53.9 Å². The Hall–Kier alpha value is -12.4. The lowest BCUT2D eigenvalue weighted by Gasteiger charge is -2.32. The maximum Gasteiger partial charge on any atom is 0.416 e. The molecule has 2 saturated heterocycles. The molecule has 3 aliphatic carbocycles. The second-order valence-electron chi connectivity index (χ2n) is 31.6. The van der Waals surface area contributed by atoms with Crippen molar-refractivity contribution in [1.82, 2.24) is 63.9 Å². The molecule has 6 amide bonds. The lowest BCUT2D eigenvalue weighted by Crippen LogP contribution is -2.43. The summed E-state index contributed by atoms with van der Waals surface area (Å²) in [4.78, 5) is 60.8. The van der Waals surface area contributed by atoms with Crippen molar-refractivity contribution in [2.75, 3.05) is 123 Å². The number of hydrogen-bond donors (Lipinski definition) is 9. The third-order valence-electron chi connectivity index (χ3n) is 21.7. The van der Waals surface area contributed by atoms with E-state index < -0.39 is 53.3 Å². The smallest absolute Gasteiger partial charge is 0.382 e. The second kappa shape index (κ2) is 34.4. The third kappa shape index (κ3) is 20.2. The molecule has 35 heteroatoms. The summed E-state index contributed by atoms with van der Waals surface area (Å²) in [6, 6.07) is 36.5. The molecular weight excluding hydrogens is 1580 g/mol. The monoisotopic (exact) mass is 1670 g/mol. The number of nitrogen functional groups attached to an aromatic ring is 3. The third-order valence-corrected chi connectivity index (χ3v) is 21.7. The average Bonchev–Trinajstić information content (AvgIpc) is 1.62. The first-order chi connectivity index (χ1) is 57.7. The number of benzene rings is 6. The van der Waals surface area contributed by atoms with E-state index in [-0.39, 0.29) is 17.1 Å².